The molecule has 0 aliphatic carbocycles. The van der Waals surface area contributed by atoms with Gasteiger partial charge in [-0.05, 0) is 17.3 Å². The van der Waals surface area contributed by atoms with Crippen molar-refractivity contribution >= 4 is 54.1 Å². The molecule has 2 aromatic carbocycles. The van der Waals surface area contributed by atoms with E-state index < -0.39 is 37.6 Å². The van der Waals surface area contributed by atoms with Gasteiger partial charge < -0.3 is 14.7 Å². The van der Waals surface area contributed by atoms with E-state index in [0.29, 0.717) is 5.39 Å². The van der Waals surface area contributed by atoms with Gasteiger partial charge in [-0.1, -0.05) is 54.2 Å². The Balaban J connectivity index is 1.95. The van der Waals surface area contributed by atoms with Crippen LogP contribution < -0.4 is 10.9 Å². The van der Waals surface area contributed by atoms with Gasteiger partial charge in [0.15, 0.2) is 25.9 Å². The van der Waals surface area contributed by atoms with E-state index in [1.54, 1.807) is 22.6 Å². The number of nitrogens with two attached hydrogens (primary N) is 1. The Morgan fingerprint density at radius 3 is 2.55 bits per heavy atom. The van der Waals surface area contributed by atoms with Gasteiger partial charge in [0.05, 0.1) is 23.3 Å². The van der Waals surface area contributed by atoms with Crippen LogP contribution in [-0.4, -0.2) is 37.0 Å². The highest BCUT2D eigenvalue weighted by Gasteiger charge is 2.25. The van der Waals surface area contributed by atoms with Crippen molar-refractivity contribution in [3.05, 3.63) is 77.1 Å². The van der Waals surface area contributed by atoms with Crippen molar-refractivity contribution in [3.63, 3.8) is 0 Å². The molecule has 0 radical (unpaired) electrons. The third-order valence-corrected chi connectivity index (χ3v) is 7.27. The van der Waals surface area contributed by atoms with Crippen molar-refractivity contribution in [2.75, 3.05) is 12.8 Å². The molecule has 2 N–H and O–H groups in total. The van der Waals surface area contributed by atoms with Gasteiger partial charge in [-0.25, -0.2) is 18.6 Å². The first-order valence-corrected chi connectivity index (χ1v) is 11.2. The highest BCUT2D eigenvalue weighted by molar-refractivity contribution is 6.74. The lowest BCUT2D eigenvalue weighted by atomic mass is 10.1. The fraction of sp³-hybridized carbons (Fsp3) is 0.0455. The predicted molar refractivity (Wildman–Crippen MR) is 120 cm³/mol. The zero-order valence-corrected chi connectivity index (χ0v) is 18.1. The zero-order chi connectivity index (χ0) is 22.3. The molecule has 0 spiro atoms. The maximum absolute atomic E-state index is 15.7. The fourth-order valence-electron chi connectivity index (χ4n) is 3.34. The predicted octanol–water partition coefficient (Wildman–Crippen LogP) is 3.76. The number of aromatic nitrogens is 2. The van der Waals surface area contributed by atoms with Gasteiger partial charge in [0, 0.05) is 17.1 Å². The number of carbonyl (C=O) groups is 1. The molecule has 2 aromatic heterocycles. The molecule has 156 valence electrons. The molecule has 0 saturated heterocycles. The Hall–Kier alpha value is -3.36. The maximum atomic E-state index is 15.7. The molecule has 5 nitrogen and oxygen atoms in total. The highest BCUT2D eigenvalue weighted by Crippen LogP contribution is 2.35. The normalized spacial score (nSPS) is 11.0. The van der Waals surface area contributed by atoms with E-state index in [9.17, 15) is 9.18 Å². The molecule has 0 unspecified atom stereocenters. The van der Waals surface area contributed by atoms with E-state index in [1.165, 1.54) is 6.07 Å². The van der Waals surface area contributed by atoms with Crippen LogP contribution >= 0.6 is 11.6 Å². The minimum atomic E-state index is -1.60. The fourth-order valence-corrected chi connectivity index (χ4v) is 5.15. The zero-order valence-electron chi connectivity index (χ0n) is 16.3. The van der Waals surface area contributed by atoms with Crippen LogP contribution in [0.3, 0.4) is 0 Å². The Morgan fingerprint density at radius 2 is 1.87 bits per heavy atom. The standard InChI is InChI=1S/C22H16ClF2N3O2Si/c1-30-22(29)20-15(23)18(26)17(25)19(27-20)14-9-8-12-10-11-28(21(12)16(14)24)31(2)13-6-4-3-5-7-13/h3-11H,2H2,1H3,(H2,26,27). The number of nitrogens with zero attached hydrogens (tertiary/aromatic N) is 2. The summed E-state index contributed by atoms with van der Waals surface area (Å²) >= 11 is 5.95. The number of benzene rings is 2. The summed E-state index contributed by atoms with van der Waals surface area (Å²) in [5.41, 5.74) is 4.51. The average Bonchev–Trinajstić information content (AvgIpc) is 3.23. The summed E-state index contributed by atoms with van der Waals surface area (Å²) in [5.74, 6) is -2.62. The molecular formula is C22H16ClF2N3O2Si. The third-order valence-electron chi connectivity index (χ3n) is 4.94. The smallest absolute Gasteiger partial charge is 0.358 e. The van der Waals surface area contributed by atoms with Crippen molar-refractivity contribution < 1.29 is 18.3 Å². The number of rotatable bonds is 4. The number of pyridine rings is 1. The average molecular weight is 456 g/mol. The SMILES string of the molecule is C=[Si](c1ccccc1)n1ccc2ccc(-c3nc(C(=O)OC)c(Cl)c(N)c3F)c(F)c21. The van der Waals surface area contributed by atoms with E-state index in [-0.39, 0.29) is 21.8 Å². The van der Waals surface area contributed by atoms with Crippen LogP contribution in [0.2, 0.25) is 5.02 Å². The van der Waals surface area contributed by atoms with Gasteiger partial charge in [0.25, 0.3) is 0 Å². The summed E-state index contributed by atoms with van der Waals surface area (Å²) in [6.07, 6.45) is 6.00. The summed E-state index contributed by atoms with van der Waals surface area (Å²) < 4.78 is 37.0. The molecule has 9 heteroatoms. The number of esters is 1. The van der Waals surface area contributed by atoms with Gasteiger partial charge >= 0.3 is 5.97 Å². The third kappa shape index (κ3) is 3.43. The molecule has 0 aliphatic heterocycles. The second-order valence-electron chi connectivity index (χ2n) is 6.71. The molecule has 0 aliphatic rings. The van der Waals surface area contributed by atoms with Gasteiger partial charge in [-0.15, -0.1) is 0 Å². The number of halogens is 3. The van der Waals surface area contributed by atoms with Crippen molar-refractivity contribution in [1.29, 1.82) is 0 Å². The highest BCUT2D eigenvalue weighted by atomic mass is 35.5. The largest absolute Gasteiger partial charge is 0.464 e. The summed E-state index contributed by atoms with van der Waals surface area (Å²) in [5, 5.41) is 1.21. The first kappa shape index (κ1) is 20.9. The topological polar surface area (TPSA) is 70.1 Å². The summed E-state index contributed by atoms with van der Waals surface area (Å²) in [4.78, 5) is 15.9. The van der Waals surface area contributed by atoms with E-state index in [0.717, 1.165) is 12.3 Å². The van der Waals surface area contributed by atoms with E-state index in [1.807, 2.05) is 30.3 Å². The molecule has 0 amide bonds. The van der Waals surface area contributed by atoms with Crippen molar-refractivity contribution in [2.45, 2.75) is 0 Å². The molecule has 2 heterocycles. The van der Waals surface area contributed by atoms with Crippen molar-refractivity contribution in [2.24, 2.45) is 0 Å². The quantitative estimate of drug-likeness (QED) is 0.375. The number of methoxy groups -OCH3 is 1. The number of anilines is 1. The van der Waals surface area contributed by atoms with Crippen LogP contribution in [0.15, 0.2) is 54.7 Å². The van der Waals surface area contributed by atoms with Crippen molar-refractivity contribution in [3.8, 4) is 11.3 Å². The van der Waals surface area contributed by atoms with Gasteiger partial charge in [-0.2, -0.15) is 0 Å². The lowest BCUT2D eigenvalue weighted by Crippen LogP contribution is -2.29. The second kappa shape index (κ2) is 8.05. The van der Waals surface area contributed by atoms with Crippen LogP contribution in [0.5, 0.6) is 0 Å². The van der Waals surface area contributed by atoms with Gasteiger partial charge in [0.1, 0.15) is 5.69 Å². The molecule has 31 heavy (non-hydrogen) atoms. The van der Waals surface area contributed by atoms with E-state index >= 15 is 4.39 Å². The molecule has 4 rings (SSSR count). The number of nitrogen functional groups attached to an aromatic ring is 1. The Morgan fingerprint density at radius 1 is 1.16 bits per heavy atom. The first-order chi connectivity index (χ1) is 14.8. The molecule has 4 aromatic rings. The van der Waals surface area contributed by atoms with Gasteiger partial charge in [-0.3, -0.25) is 0 Å². The Labute approximate surface area is 183 Å². The molecule has 0 saturated carbocycles. The van der Waals surface area contributed by atoms with Crippen LogP contribution in [-0.2, 0) is 4.74 Å². The van der Waals surface area contributed by atoms with Crippen LogP contribution in [0, 0.1) is 11.6 Å². The second-order valence-corrected chi connectivity index (χ2v) is 9.04. The van der Waals surface area contributed by atoms with Crippen molar-refractivity contribution in [1.82, 2.24) is 9.22 Å². The number of fused-ring (bicyclic) bond motifs is 1. The first-order valence-electron chi connectivity index (χ1n) is 9.12. The Bertz CT molecular complexity index is 1360. The Kier molecular flexibility index (Phi) is 5.42. The molecule has 0 atom stereocenters. The maximum Gasteiger partial charge on any atom is 0.358 e. The number of carbonyl (C=O) groups excluding carboxylic acids is 1. The van der Waals surface area contributed by atoms with Crippen LogP contribution in [0.1, 0.15) is 10.5 Å². The lowest BCUT2D eigenvalue weighted by Gasteiger charge is -2.13. The summed E-state index contributed by atoms with van der Waals surface area (Å²) in [6.45, 7) is 0. The number of hydrogen-bond donors (Lipinski definition) is 1. The van der Waals surface area contributed by atoms with Crippen LogP contribution in [0.4, 0.5) is 14.5 Å². The minimum Gasteiger partial charge on any atom is -0.464 e. The minimum absolute atomic E-state index is 0.152. The van der Waals surface area contributed by atoms with Crippen LogP contribution in [0.25, 0.3) is 22.2 Å². The monoisotopic (exact) mass is 455 g/mol. The molecule has 0 bridgehead atoms. The number of ether oxygens (including phenoxy) is 1. The van der Waals surface area contributed by atoms with E-state index in [4.69, 9.17) is 17.3 Å². The summed E-state index contributed by atoms with van der Waals surface area (Å²) in [6, 6.07) is 14.3. The van der Waals surface area contributed by atoms with E-state index in [2.05, 4.69) is 15.9 Å². The lowest BCUT2D eigenvalue weighted by molar-refractivity contribution is 0.0594. The molecular weight excluding hydrogens is 440 g/mol. The van der Waals surface area contributed by atoms with Gasteiger partial charge in [0.2, 0.25) is 0 Å². The molecule has 0 fully saturated rings. The summed E-state index contributed by atoms with van der Waals surface area (Å²) in [7, 11) is -0.479. The number of hydrogen-bond acceptors (Lipinski definition) is 4.